The van der Waals surface area contributed by atoms with Crippen molar-refractivity contribution in [2.24, 2.45) is 0 Å². The van der Waals surface area contributed by atoms with Gasteiger partial charge in [0.15, 0.2) is 0 Å². The summed E-state index contributed by atoms with van der Waals surface area (Å²) in [6, 6.07) is 5.06. The molecule has 0 bridgehead atoms. The molecule has 0 fully saturated rings. The van der Waals surface area contributed by atoms with Crippen LogP contribution < -0.4 is 10.0 Å². The summed E-state index contributed by atoms with van der Waals surface area (Å²) >= 11 is 0. The molecule has 1 heterocycles. The molecule has 2 rings (SSSR count). The Morgan fingerprint density at radius 3 is 2.74 bits per heavy atom. The second-order valence-electron chi connectivity index (χ2n) is 4.56. The second-order valence-corrected chi connectivity index (χ2v) is 6.31. The maximum absolute atomic E-state index is 11.8. The van der Waals surface area contributed by atoms with Gasteiger partial charge in [0.1, 0.15) is 0 Å². The van der Waals surface area contributed by atoms with E-state index in [0.29, 0.717) is 17.7 Å². The van der Waals surface area contributed by atoms with Crippen LogP contribution >= 0.6 is 0 Å². The van der Waals surface area contributed by atoms with Gasteiger partial charge in [-0.3, -0.25) is 14.3 Å². The van der Waals surface area contributed by atoms with Crippen molar-refractivity contribution in [3.63, 3.8) is 0 Å². The van der Waals surface area contributed by atoms with Crippen LogP contribution in [0.3, 0.4) is 0 Å². The number of carbonyl (C=O) groups is 2. The summed E-state index contributed by atoms with van der Waals surface area (Å²) in [4.78, 5) is 23.1. The second kappa shape index (κ2) is 4.65. The van der Waals surface area contributed by atoms with E-state index in [1.165, 1.54) is 0 Å². The van der Waals surface area contributed by atoms with Crippen molar-refractivity contribution in [1.82, 2.24) is 10.0 Å². The molecule has 0 spiro atoms. The van der Waals surface area contributed by atoms with Crippen molar-refractivity contribution in [3.8, 4) is 0 Å². The van der Waals surface area contributed by atoms with Gasteiger partial charge in [0.25, 0.3) is 5.91 Å². The van der Waals surface area contributed by atoms with Crippen molar-refractivity contribution in [2.45, 2.75) is 19.4 Å². The molecule has 102 valence electrons. The molecule has 1 atom stereocenters. The monoisotopic (exact) mass is 282 g/mol. The largest absolute Gasteiger partial charge is 0.348 e. The van der Waals surface area contributed by atoms with Crippen LogP contribution in [0.5, 0.6) is 0 Å². The van der Waals surface area contributed by atoms with Crippen LogP contribution in [0.2, 0.25) is 0 Å². The van der Waals surface area contributed by atoms with Crippen molar-refractivity contribution in [1.29, 1.82) is 0 Å². The fraction of sp³-hybridized carbons (Fsp3) is 0.333. The number of benzene rings is 1. The highest BCUT2D eigenvalue weighted by Gasteiger charge is 2.23. The molecular weight excluding hydrogens is 268 g/mol. The zero-order valence-electron chi connectivity index (χ0n) is 10.6. The van der Waals surface area contributed by atoms with Gasteiger partial charge in [-0.25, -0.2) is 8.42 Å². The zero-order chi connectivity index (χ0) is 14.2. The van der Waals surface area contributed by atoms with Crippen molar-refractivity contribution in [3.05, 3.63) is 34.9 Å². The first kappa shape index (κ1) is 13.5. The minimum atomic E-state index is -3.56. The summed E-state index contributed by atoms with van der Waals surface area (Å²) in [5.41, 5.74) is 2.09. The van der Waals surface area contributed by atoms with E-state index in [9.17, 15) is 18.0 Å². The lowest BCUT2D eigenvalue weighted by atomic mass is 9.96. The van der Waals surface area contributed by atoms with E-state index in [1.807, 2.05) is 4.72 Å². The van der Waals surface area contributed by atoms with Crippen LogP contribution in [0.15, 0.2) is 18.2 Å². The number of nitrogens with one attached hydrogen (secondary N) is 2. The molecule has 0 saturated carbocycles. The van der Waals surface area contributed by atoms with Gasteiger partial charge >= 0.3 is 0 Å². The fourth-order valence-electron chi connectivity index (χ4n) is 1.94. The van der Waals surface area contributed by atoms with E-state index in [4.69, 9.17) is 0 Å². The van der Waals surface area contributed by atoms with Crippen molar-refractivity contribution in [2.75, 3.05) is 6.26 Å². The highest BCUT2D eigenvalue weighted by Crippen LogP contribution is 2.22. The Hall–Kier alpha value is -1.89. The van der Waals surface area contributed by atoms with E-state index in [1.54, 1.807) is 25.1 Å². The summed E-state index contributed by atoms with van der Waals surface area (Å²) < 4.78 is 24.0. The van der Waals surface area contributed by atoms with Crippen LogP contribution in [-0.2, 0) is 21.4 Å². The van der Waals surface area contributed by atoms with Gasteiger partial charge in [-0.15, -0.1) is 0 Å². The average molecular weight is 282 g/mol. The van der Waals surface area contributed by atoms with Gasteiger partial charge in [-0.05, 0) is 24.1 Å². The lowest BCUT2D eigenvalue weighted by Gasteiger charge is -2.12. The number of carbonyl (C=O) groups excluding carboxylic acids is 2. The third kappa shape index (κ3) is 2.93. The summed E-state index contributed by atoms with van der Waals surface area (Å²) in [5, 5.41) is 2.68. The molecule has 7 heteroatoms. The molecule has 2 amide bonds. The van der Waals surface area contributed by atoms with Gasteiger partial charge in [-0.1, -0.05) is 12.1 Å². The minimum absolute atomic E-state index is 0.130. The standard InChI is InChI=1S/C12H14N2O4S/c1-7(11(15)14-19(2,17)18)8-3-4-10-9(5-8)6-13-12(10)16/h3-5,7H,6H2,1-2H3,(H,13,16)(H,14,15). The predicted octanol–water partition coefficient (Wildman–Crippen LogP) is 0.109. The molecule has 1 unspecified atom stereocenters. The molecule has 19 heavy (non-hydrogen) atoms. The third-order valence-electron chi connectivity index (χ3n) is 2.99. The first-order valence-electron chi connectivity index (χ1n) is 5.70. The highest BCUT2D eigenvalue weighted by molar-refractivity contribution is 7.89. The van der Waals surface area contributed by atoms with Crippen LogP contribution in [0.4, 0.5) is 0 Å². The van der Waals surface area contributed by atoms with Crippen molar-refractivity contribution < 1.29 is 18.0 Å². The molecule has 0 radical (unpaired) electrons. The summed E-state index contributed by atoms with van der Waals surface area (Å²) in [6.07, 6.45) is 0.933. The maximum atomic E-state index is 11.8. The predicted molar refractivity (Wildman–Crippen MR) is 69.0 cm³/mol. The van der Waals surface area contributed by atoms with Crippen LogP contribution in [-0.4, -0.2) is 26.5 Å². The molecule has 1 aliphatic rings. The number of rotatable bonds is 3. The Labute approximate surface area is 111 Å². The molecule has 0 aromatic heterocycles. The van der Waals surface area contributed by atoms with E-state index >= 15 is 0 Å². The van der Waals surface area contributed by atoms with E-state index < -0.39 is 21.8 Å². The number of sulfonamides is 1. The molecule has 1 aromatic rings. The lowest BCUT2D eigenvalue weighted by Crippen LogP contribution is -2.32. The molecule has 6 nitrogen and oxygen atoms in total. The van der Waals surface area contributed by atoms with Crippen molar-refractivity contribution >= 4 is 21.8 Å². The number of fused-ring (bicyclic) bond motifs is 1. The molecule has 1 aromatic carbocycles. The SMILES string of the molecule is CC(C(=O)NS(C)(=O)=O)c1ccc2c(c1)CNC2=O. The molecule has 2 N–H and O–H groups in total. The van der Waals surface area contributed by atoms with E-state index in [-0.39, 0.29) is 5.91 Å². The number of amides is 2. The Morgan fingerprint density at radius 2 is 2.11 bits per heavy atom. The highest BCUT2D eigenvalue weighted by atomic mass is 32.2. The third-order valence-corrected chi connectivity index (χ3v) is 3.56. The molecule has 0 saturated heterocycles. The van der Waals surface area contributed by atoms with E-state index in [2.05, 4.69) is 5.32 Å². The Bertz CT molecular complexity index is 652. The number of hydrogen-bond acceptors (Lipinski definition) is 4. The summed E-state index contributed by atoms with van der Waals surface area (Å²) in [6.45, 7) is 2.05. The first-order valence-corrected chi connectivity index (χ1v) is 7.60. The smallest absolute Gasteiger partial charge is 0.251 e. The van der Waals surface area contributed by atoms with Gasteiger partial charge in [-0.2, -0.15) is 0 Å². The van der Waals surface area contributed by atoms with Gasteiger partial charge in [0.2, 0.25) is 15.9 Å². The lowest BCUT2D eigenvalue weighted by molar-refractivity contribution is -0.120. The molecule has 1 aliphatic heterocycles. The quantitative estimate of drug-likeness (QED) is 0.823. The van der Waals surface area contributed by atoms with Gasteiger partial charge in [0, 0.05) is 12.1 Å². The Balaban J connectivity index is 2.23. The van der Waals surface area contributed by atoms with Crippen LogP contribution in [0, 0.1) is 0 Å². The van der Waals surface area contributed by atoms with Gasteiger partial charge < -0.3 is 5.32 Å². The summed E-state index contributed by atoms with van der Waals surface area (Å²) in [5.74, 6) is -1.31. The maximum Gasteiger partial charge on any atom is 0.251 e. The average Bonchev–Trinajstić information content (AvgIpc) is 2.67. The first-order chi connectivity index (χ1) is 8.78. The molecule has 0 aliphatic carbocycles. The van der Waals surface area contributed by atoms with Crippen LogP contribution in [0.1, 0.15) is 34.3 Å². The van der Waals surface area contributed by atoms with Gasteiger partial charge in [0.05, 0.1) is 12.2 Å². The summed E-state index contributed by atoms with van der Waals surface area (Å²) in [7, 11) is -3.56. The zero-order valence-corrected chi connectivity index (χ0v) is 11.4. The molecular formula is C12H14N2O4S. The Morgan fingerprint density at radius 1 is 1.42 bits per heavy atom. The van der Waals surface area contributed by atoms with E-state index in [0.717, 1.165) is 11.8 Å². The number of hydrogen-bond donors (Lipinski definition) is 2. The Kier molecular flexibility index (Phi) is 3.32. The normalized spacial score (nSPS) is 15.6. The minimum Gasteiger partial charge on any atom is -0.348 e. The topological polar surface area (TPSA) is 92.3 Å². The van der Waals surface area contributed by atoms with Crippen LogP contribution in [0.25, 0.3) is 0 Å². The fourth-order valence-corrected chi connectivity index (χ4v) is 2.49.